The molecule has 4 saturated carbocycles. The maximum Gasteiger partial charge on any atom is 0.226 e. The number of carbonyl (C=O) groups excluding carboxylic acids is 1. The van der Waals surface area contributed by atoms with E-state index in [1.807, 2.05) is 0 Å². The van der Waals surface area contributed by atoms with Crippen molar-refractivity contribution < 1.29 is 4.79 Å². The Kier molecular flexibility index (Phi) is 5.36. The van der Waals surface area contributed by atoms with E-state index in [9.17, 15) is 4.79 Å². The summed E-state index contributed by atoms with van der Waals surface area (Å²) in [5, 5.41) is 0. The normalized spacial score (nSPS) is 32.1. The molecule has 2 heteroatoms. The predicted octanol–water partition coefficient (Wildman–Crippen LogP) is 6.59. The molecular weight excluding hydrogens is 390 g/mol. The zero-order valence-corrected chi connectivity index (χ0v) is 19.3. The number of nitrogens with zero attached hydrogens (tertiary/aromatic N) is 1. The van der Waals surface area contributed by atoms with E-state index in [4.69, 9.17) is 0 Å². The van der Waals surface area contributed by atoms with E-state index in [-0.39, 0.29) is 0 Å². The highest BCUT2D eigenvalue weighted by Gasteiger charge is 2.54. The summed E-state index contributed by atoms with van der Waals surface area (Å²) in [6, 6.07) is 20.5. The number of amides is 1. The minimum atomic E-state index is 0.304. The van der Waals surface area contributed by atoms with Gasteiger partial charge in [0.15, 0.2) is 0 Å². The van der Waals surface area contributed by atoms with Gasteiger partial charge in [-0.2, -0.15) is 0 Å². The zero-order valence-electron chi connectivity index (χ0n) is 19.3. The van der Waals surface area contributed by atoms with Crippen molar-refractivity contribution in [2.45, 2.75) is 70.1 Å². The van der Waals surface area contributed by atoms with E-state index in [1.165, 1.54) is 61.6 Å². The number of benzene rings is 2. The van der Waals surface area contributed by atoms with Gasteiger partial charge in [-0.05, 0) is 97.6 Å². The number of hydrogen-bond donors (Lipinski definition) is 0. The summed E-state index contributed by atoms with van der Waals surface area (Å²) in [6.45, 7) is 1.89. The van der Waals surface area contributed by atoms with E-state index in [1.54, 1.807) is 0 Å². The third-order valence-electron chi connectivity index (χ3n) is 9.21. The van der Waals surface area contributed by atoms with Crippen molar-refractivity contribution in [3.8, 4) is 0 Å². The van der Waals surface area contributed by atoms with Crippen LogP contribution in [0, 0.1) is 23.2 Å². The van der Waals surface area contributed by atoms with Crippen molar-refractivity contribution in [1.29, 1.82) is 0 Å². The molecule has 2 aromatic rings. The first kappa shape index (κ1) is 20.5. The van der Waals surface area contributed by atoms with Crippen LogP contribution < -0.4 is 0 Å². The standard InChI is InChI=1S/C30H37NO/c32-28(31-13-5-2-6-14-31)18-22-9-11-27(12-10-22)29(26-7-3-1-4-8-26)30-19-23-15-24(20-30)17-25(16-23)21-30/h1,3-4,7-12,23-25,29H,2,5-6,13-21H2. The van der Waals surface area contributed by atoms with Crippen LogP contribution in [-0.2, 0) is 11.2 Å². The van der Waals surface area contributed by atoms with Crippen molar-refractivity contribution in [3.63, 3.8) is 0 Å². The van der Waals surface area contributed by atoms with Gasteiger partial charge in [-0.15, -0.1) is 0 Å². The monoisotopic (exact) mass is 427 g/mol. The highest BCUT2D eigenvalue weighted by molar-refractivity contribution is 5.78. The highest BCUT2D eigenvalue weighted by Crippen LogP contribution is 2.65. The lowest BCUT2D eigenvalue weighted by atomic mass is 9.45. The average Bonchev–Trinajstić information content (AvgIpc) is 2.81. The van der Waals surface area contributed by atoms with Gasteiger partial charge in [0.25, 0.3) is 0 Å². The van der Waals surface area contributed by atoms with Gasteiger partial charge in [-0.25, -0.2) is 0 Å². The second kappa shape index (κ2) is 8.36. The first-order valence-electron chi connectivity index (χ1n) is 13.1. The quantitative estimate of drug-likeness (QED) is 0.527. The molecule has 2 aromatic carbocycles. The molecule has 0 radical (unpaired) electrons. The molecule has 2 nitrogen and oxygen atoms in total. The minimum absolute atomic E-state index is 0.304. The number of carbonyl (C=O) groups is 1. The summed E-state index contributed by atoms with van der Waals surface area (Å²) in [6.07, 6.45) is 12.8. The Hall–Kier alpha value is -2.09. The van der Waals surface area contributed by atoms with Gasteiger partial charge in [-0.3, -0.25) is 4.79 Å². The van der Waals surface area contributed by atoms with Crippen LogP contribution in [0.25, 0.3) is 0 Å². The predicted molar refractivity (Wildman–Crippen MR) is 129 cm³/mol. The molecule has 4 aliphatic carbocycles. The van der Waals surface area contributed by atoms with Gasteiger partial charge < -0.3 is 4.90 Å². The Balaban J connectivity index is 1.28. The van der Waals surface area contributed by atoms with Gasteiger partial charge >= 0.3 is 0 Å². The van der Waals surface area contributed by atoms with Crippen LogP contribution in [0.5, 0.6) is 0 Å². The van der Waals surface area contributed by atoms with E-state index in [0.717, 1.165) is 43.7 Å². The third kappa shape index (κ3) is 3.80. The van der Waals surface area contributed by atoms with Crippen LogP contribution in [-0.4, -0.2) is 23.9 Å². The SMILES string of the molecule is O=C(Cc1ccc(C(c2ccccc2)C23CC4CC(CC(C4)C2)C3)cc1)N1CCCCC1. The zero-order chi connectivity index (χ0) is 21.5. The number of hydrogen-bond acceptors (Lipinski definition) is 1. The van der Waals surface area contributed by atoms with Crippen LogP contribution in [0.2, 0.25) is 0 Å². The van der Waals surface area contributed by atoms with E-state index >= 15 is 0 Å². The molecular formula is C30H37NO. The molecule has 5 fully saturated rings. The third-order valence-corrected chi connectivity index (χ3v) is 9.21. The summed E-state index contributed by atoms with van der Waals surface area (Å²) < 4.78 is 0. The molecule has 0 spiro atoms. The Labute approximate surface area is 193 Å². The van der Waals surface area contributed by atoms with E-state index in [0.29, 0.717) is 23.7 Å². The van der Waals surface area contributed by atoms with Crippen LogP contribution in [0.3, 0.4) is 0 Å². The summed E-state index contributed by atoms with van der Waals surface area (Å²) >= 11 is 0. The summed E-state index contributed by atoms with van der Waals surface area (Å²) in [5.41, 5.74) is 4.56. The maximum atomic E-state index is 12.8. The van der Waals surface area contributed by atoms with Crippen molar-refractivity contribution in [2.75, 3.05) is 13.1 Å². The summed E-state index contributed by atoms with van der Waals surface area (Å²) in [5.74, 6) is 3.65. The molecule has 1 amide bonds. The fourth-order valence-electron chi connectivity index (χ4n) is 8.33. The van der Waals surface area contributed by atoms with Crippen molar-refractivity contribution >= 4 is 5.91 Å². The molecule has 7 rings (SSSR count). The lowest BCUT2D eigenvalue weighted by Crippen LogP contribution is -2.49. The second-order valence-corrected chi connectivity index (χ2v) is 11.5. The molecule has 1 unspecified atom stereocenters. The van der Waals surface area contributed by atoms with Crippen LogP contribution in [0.15, 0.2) is 54.6 Å². The first-order chi connectivity index (χ1) is 15.7. The molecule has 1 heterocycles. The fraction of sp³-hybridized carbons (Fsp3) is 0.567. The van der Waals surface area contributed by atoms with Crippen molar-refractivity contribution in [3.05, 3.63) is 71.3 Å². The van der Waals surface area contributed by atoms with Crippen molar-refractivity contribution in [1.82, 2.24) is 4.90 Å². The topological polar surface area (TPSA) is 20.3 Å². The number of likely N-dealkylation sites (tertiary alicyclic amines) is 1. The van der Waals surface area contributed by atoms with Crippen LogP contribution in [0.4, 0.5) is 0 Å². The smallest absolute Gasteiger partial charge is 0.226 e. The fourth-order valence-corrected chi connectivity index (χ4v) is 8.33. The Bertz CT molecular complexity index is 905. The molecule has 1 atom stereocenters. The molecule has 168 valence electrons. The van der Waals surface area contributed by atoms with Gasteiger partial charge in [0, 0.05) is 19.0 Å². The molecule has 1 aliphatic heterocycles. The molecule has 32 heavy (non-hydrogen) atoms. The second-order valence-electron chi connectivity index (χ2n) is 11.5. The molecule has 1 saturated heterocycles. The largest absolute Gasteiger partial charge is 0.342 e. The first-order valence-corrected chi connectivity index (χ1v) is 13.1. The van der Waals surface area contributed by atoms with Gasteiger partial charge in [-0.1, -0.05) is 54.6 Å². The Morgan fingerprint density at radius 1 is 0.781 bits per heavy atom. The molecule has 0 aromatic heterocycles. The lowest BCUT2D eigenvalue weighted by Gasteiger charge is -2.60. The van der Waals surface area contributed by atoms with Gasteiger partial charge in [0.1, 0.15) is 0 Å². The highest BCUT2D eigenvalue weighted by atomic mass is 16.2. The van der Waals surface area contributed by atoms with E-state index in [2.05, 4.69) is 59.5 Å². The van der Waals surface area contributed by atoms with Gasteiger partial charge in [0.2, 0.25) is 5.91 Å². The number of rotatable bonds is 5. The van der Waals surface area contributed by atoms with Gasteiger partial charge in [0.05, 0.1) is 6.42 Å². The Morgan fingerprint density at radius 3 is 1.94 bits per heavy atom. The summed E-state index contributed by atoms with van der Waals surface area (Å²) in [4.78, 5) is 14.8. The summed E-state index contributed by atoms with van der Waals surface area (Å²) in [7, 11) is 0. The molecule has 4 bridgehead atoms. The lowest BCUT2D eigenvalue weighted by molar-refractivity contribution is -0.131. The average molecular weight is 428 g/mol. The molecule has 5 aliphatic rings. The molecule has 0 N–H and O–H groups in total. The minimum Gasteiger partial charge on any atom is -0.342 e. The maximum absolute atomic E-state index is 12.8. The van der Waals surface area contributed by atoms with E-state index < -0.39 is 0 Å². The van der Waals surface area contributed by atoms with Crippen LogP contribution >= 0.6 is 0 Å². The van der Waals surface area contributed by atoms with Crippen molar-refractivity contribution in [2.24, 2.45) is 23.2 Å². The Morgan fingerprint density at radius 2 is 1.34 bits per heavy atom. The van der Waals surface area contributed by atoms with Crippen LogP contribution in [0.1, 0.15) is 80.4 Å². The number of piperidine rings is 1.